The fraction of sp³-hybridized carbons (Fsp3) is 1.00. The quantitative estimate of drug-likeness (QED) is 0.627. The summed E-state index contributed by atoms with van der Waals surface area (Å²) in [6.07, 6.45) is 7.61. The highest BCUT2D eigenvalue weighted by Crippen LogP contribution is 2.39. The number of rotatable bonds is 11. The summed E-state index contributed by atoms with van der Waals surface area (Å²) in [6.45, 7) is 9.54. The van der Waals surface area contributed by atoms with Crippen LogP contribution >= 0.6 is 0 Å². The van der Waals surface area contributed by atoms with Crippen molar-refractivity contribution in [3.63, 3.8) is 0 Å². The molecule has 0 aromatic rings. The van der Waals surface area contributed by atoms with Crippen LogP contribution in [-0.2, 0) is 4.74 Å². The lowest BCUT2D eigenvalue weighted by Gasteiger charge is -2.47. The predicted molar refractivity (Wildman–Crippen MR) is 82.4 cm³/mol. The van der Waals surface area contributed by atoms with Crippen LogP contribution < -0.4 is 5.73 Å². The van der Waals surface area contributed by atoms with Gasteiger partial charge in [-0.3, -0.25) is 4.90 Å². The van der Waals surface area contributed by atoms with Gasteiger partial charge in [-0.05, 0) is 38.5 Å². The molecule has 1 atom stereocenters. The zero-order valence-corrected chi connectivity index (χ0v) is 13.5. The lowest BCUT2D eigenvalue weighted by molar-refractivity contribution is 0.00899. The van der Waals surface area contributed by atoms with Crippen molar-refractivity contribution in [3.05, 3.63) is 0 Å². The Kier molecular flexibility index (Phi) is 7.33. The number of hydrogen-bond acceptors (Lipinski definition) is 3. The van der Waals surface area contributed by atoms with E-state index in [2.05, 4.69) is 25.7 Å². The molecule has 3 heteroatoms. The number of hydrogen-bond donors (Lipinski definition) is 1. The molecule has 0 aromatic heterocycles. The largest absolute Gasteiger partial charge is 0.383 e. The van der Waals surface area contributed by atoms with E-state index < -0.39 is 0 Å². The van der Waals surface area contributed by atoms with Gasteiger partial charge < -0.3 is 10.5 Å². The van der Waals surface area contributed by atoms with Crippen LogP contribution in [0.15, 0.2) is 0 Å². The van der Waals surface area contributed by atoms with Crippen LogP contribution in [0.4, 0.5) is 0 Å². The topological polar surface area (TPSA) is 38.5 Å². The Labute approximate surface area is 119 Å². The number of nitrogens with two attached hydrogens (primary N) is 1. The molecule has 0 heterocycles. The molecular formula is C16H34N2O. The van der Waals surface area contributed by atoms with E-state index in [4.69, 9.17) is 10.5 Å². The van der Waals surface area contributed by atoms with Crippen LogP contribution in [0.5, 0.6) is 0 Å². The van der Waals surface area contributed by atoms with E-state index in [-0.39, 0.29) is 5.54 Å². The highest BCUT2D eigenvalue weighted by atomic mass is 16.5. The molecule has 3 nitrogen and oxygen atoms in total. The molecule has 1 unspecified atom stereocenters. The van der Waals surface area contributed by atoms with Crippen molar-refractivity contribution >= 4 is 0 Å². The Morgan fingerprint density at radius 3 is 2.21 bits per heavy atom. The summed E-state index contributed by atoms with van der Waals surface area (Å²) < 4.78 is 5.34. The smallest absolute Gasteiger partial charge is 0.0590 e. The average Bonchev–Trinajstić information content (AvgIpc) is 3.23. The van der Waals surface area contributed by atoms with Gasteiger partial charge in [0, 0.05) is 31.8 Å². The summed E-state index contributed by atoms with van der Waals surface area (Å²) in [6, 6.07) is 0.650. The van der Waals surface area contributed by atoms with E-state index in [0.717, 1.165) is 25.6 Å². The molecule has 0 bridgehead atoms. The maximum absolute atomic E-state index is 6.23. The summed E-state index contributed by atoms with van der Waals surface area (Å²) in [5.41, 5.74) is 6.41. The molecule has 19 heavy (non-hydrogen) atoms. The minimum absolute atomic E-state index is 0.185. The average molecular weight is 270 g/mol. The molecule has 1 fully saturated rings. The Morgan fingerprint density at radius 2 is 1.84 bits per heavy atom. The molecule has 0 aromatic carbocycles. The second-order valence-corrected chi connectivity index (χ2v) is 6.19. The molecule has 1 rings (SSSR count). The van der Waals surface area contributed by atoms with Crippen LogP contribution in [0.25, 0.3) is 0 Å². The summed E-state index contributed by atoms with van der Waals surface area (Å²) in [5.74, 6) is 0.886. The maximum Gasteiger partial charge on any atom is 0.0590 e. The minimum atomic E-state index is 0.185. The standard InChI is InChI=1S/C16H34N2O/c1-5-9-16(13-17,10-6-2)18(11-12-19-4)14(3)15-7-8-15/h14-15H,5-13,17H2,1-4H3. The van der Waals surface area contributed by atoms with Crippen molar-refractivity contribution < 1.29 is 4.74 Å². The SMILES string of the molecule is CCCC(CN)(CCC)N(CCOC)C(C)C1CC1. The van der Waals surface area contributed by atoms with Crippen molar-refractivity contribution in [3.8, 4) is 0 Å². The van der Waals surface area contributed by atoms with E-state index in [0.29, 0.717) is 6.04 Å². The lowest BCUT2D eigenvalue weighted by atomic mass is 9.85. The summed E-state index contributed by atoms with van der Waals surface area (Å²) in [5, 5.41) is 0. The van der Waals surface area contributed by atoms with Gasteiger partial charge in [-0.15, -0.1) is 0 Å². The Hall–Kier alpha value is -0.120. The van der Waals surface area contributed by atoms with Gasteiger partial charge in [-0.2, -0.15) is 0 Å². The molecular weight excluding hydrogens is 236 g/mol. The third kappa shape index (κ3) is 4.44. The third-order valence-corrected chi connectivity index (χ3v) is 4.75. The van der Waals surface area contributed by atoms with Crippen molar-refractivity contribution in [2.45, 2.75) is 70.9 Å². The number of ether oxygens (including phenoxy) is 1. The van der Waals surface area contributed by atoms with Crippen LogP contribution in [0, 0.1) is 5.92 Å². The molecule has 114 valence electrons. The van der Waals surface area contributed by atoms with Gasteiger partial charge in [0.05, 0.1) is 6.61 Å². The number of nitrogens with zero attached hydrogens (tertiary/aromatic N) is 1. The van der Waals surface area contributed by atoms with Crippen molar-refractivity contribution in [2.75, 3.05) is 26.8 Å². The first-order chi connectivity index (χ1) is 9.15. The van der Waals surface area contributed by atoms with Gasteiger partial charge >= 0.3 is 0 Å². The van der Waals surface area contributed by atoms with E-state index >= 15 is 0 Å². The van der Waals surface area contributed by atoms with Gasteiger partial charge in [0.2, 0.25) is 0 Å². The number of methoxy groups -OCH3 is 1. The second kappa shape index (κ2) is 8.23. The van der Waals surface area contributed by atoms with Gasteiger partial charge in [0.15, 0.2) is 0 Å². The van der Waals surface area contributed by atoms with E-state index in [1.807, 2.05) is 0 Å². The van der Waals surface area contributed by atoms with E-state index in [9.17, 15) is 0 Å². The summed E-state index contributed by atoms with van der Waals surface area (Å²) >= 11 is 0. The molecule has 0 spiro atoms. The van der Waals surface area contributed by atoms with Gasteiger partial charge in [0.1, 0.15) is 0 Å². The zero-order valence-electron chi connectivity index (χ0n) is 13.5. The fourth-order valence-corrected chi connectivity index (χ4v) is 3.56. The first-order valence-corrected chi connectivity index (χ1v) is 8.11. The molecule has 1 aliphatic carbocycles. The normalized spacial score (nSPS) is 18.0. The van der Waals surface area contributed by atoms with Crippen LogP contribution in [-0.4, -0.2) is 43.3 Å². The highest BCUT2D eigenvalue weighted by molar-refractivity contribution is 4.97. The molecule has 0 aliphatic heterocycles. The maximum atomic E-state index is 6.23. The van der Waals surface area contributed by atoms with Crippen LogP contribution in [0.1, 0.15) is 59.3 Å². The van der Waals surface area contributed by atoms with Crippen LogP contribution in [0.2, 0.25) is 0 Å². The molecule has 1 aliphatic rings. The first-order valence-electron chi connectivity index (χ1n) is 8.11. The molecule has 0 amide bonds. The minimum Gasteiger partial charge on any atom is -0.383 e. The van der Waals surface area contributed by atoms with E-state index in [1.165, 1.54) is 38.5 Å². The molecule has 0 saturated heterocycles. The monoisotopic (exact) mass is 270 g/mol. The summed E-state index contributed by atoms with van der Waals surface area (Å²) in [7, 11) is 1.80. The molecule has 0 radical (unpaired) electrons. The van der Waals surface area contributed by atoms with Crippen molar-refractivity contribution in [2.24, 2.45) is 11.7 Å². The fourth-order valence-electron chi connectivity index (χ4n) is 3.56. The Morgan fingerprint density at radius 1 is 1.26 bits per heavy atom. The third-order valence-electron chi connectivity index (χ3n) is 4.75. The van der Waals surface area contributed by atoms with Crippen molar-refractivity contribution in [1.82, 2.24) is 4.90 Å². The lowest BCUT2D eigenvalue weighted by Crippen LogP contribution is -2.58. The predicted octanol–water partition coefficient (Wildman–Crippen LogP) is 3.03. The zero-order chi connectivity index (χ0) is 14.3. The molecule has 1 saturated carbocycles. The van der Waals surface area contributed by atoms with Gasteiger partial charge in [-0.1, -0.05) is 26.7 Å². The van der Waals surface area contributed by atoms with E-state index in [1.54, 1.807) is 7.11 Å². The first kappa shape index (κ1) is 16.9. The Bertz CT molecular complexity index is 235. The molecule has 2 N–H and O–H groups in total. The summed E-state index contributed by atoms with van der Waals surface area (Å²) in [4.78, 5) is 2.68. The van der Waals surface area contributed by atoms with Crippen molar-refractivity contribution in [1.29, 1.82) is 0 Å². The Balaban J connectivity index is 2.85. The van der Waals surface area contributed by atoms with Gasteiger partial charge in [-0.25, -0.2) is 0 Å². The second-order valence-electron chi connectivity index (χ2n) is 6.19. The van der Waals surface area contributed by atoms with Crippen LogP contribution in [0.3, 0.4) is 0 Å². The van der Waals surface area contributed by atoms with Gasteiger partial charge in [0.25, 0.3) is 0 Å². The highest BCUT2D eigenvalue weighted by Gasteiger charge is 2.41.